The minimum absolute atomic E-state index is 0.101. The Morgan fingerprint density at radius 3 is 2.65 bits per heavy atom. The molecule has 0 unspecified atom stereocenters. The molecule has 2 heterocycles. The lowest BCUT2D eigenvalue weighted by atomic mass is 9.85. The highest BCUT2D eigenvalue weighted by Gasteiger charge is 2.25. The molecule has 0 atom stereocenters. The molecule has 0 spiro atoms. The molecule has 1 fully saturated rings. The number of hydrogen-bond donors (Lipinski definition) is 1. The van der Waals surface area contributed by atoms with Gasteiger partial charge in [-0.2, -0.15) is 0 Å². The summed E-state index contributed by atoms with van der Waals surface area (Å²) in [5.41, 5.74) is 0.687. The van der Waals surface area contributed by atoms with Crippen molar-refractivity contribution in [2.45, 2.75) is 35.9 Å². The van der Waals surface area contributed by atoms with E-state index in [1.807, 2.05) is 0 Å². The Morgan fingerprint density at radius 2 is 1.96 bits per heavy atom. The van der Waals surface area contributed by atoms with Gasteiger partial charge < -0.3 is 4.42 Å². The lowest BCUT2D eigenvalue weighted by Gasteiger charge is -2.21. The molecule has 136 valence electrons. The zero-order valence-electron chi connectivity index (χ0n) is 13.8. The molecular formula is C18H17FN2O3S2. The summed E-state index contributed by atoms with van der Waals surface area (Å²) in [6, 6.07) is 8.98. The molecule has 3 aromatic rings. The highest BCUT2D eigenvalue weighted by Crippen LogP contribution is 2.38. The van der Waals surface area contributed by atoms with Gasteiger partial charge in [0.25, 0.3) is 0 Å². The highest BCUT2D eigenvalue weighted by atomic mass is 32.2. The third-order valence-electron chi connectivity index (χ3n) is 4.45. The third kappa shape index (κ3) is 3.58. The lowest BCUT2D eigenvalue weighted by molar-refractivity contribution is 0.338. The Morgan fingerprint density at radius 1 is 1.19 bits per heavy atom. The summed E-state index contributed by atoms with van der Waals surface area (Å²) < 4.78 is 46.4. The SMILES string of the molecule is O=S(=O)(NCc1ccc(F)cc1)c1ccc(-c2cnc(C3CCC3)o2)s1. The molecule has 0 saturated heterocycles. The maximum absolute atomic E-state index is 12.9. The largest absolute Gasteiger partial charge is 0.440 e. The molecule has 1 N–H and O–H groups in total. The van der Waals surface area contributed by atoms with Gasteiger partial charge in [0, 0.05) is 12.5 Å². The van der Waals surface area contributed by atoms with E-state index in [-0.39, 0.29) is 16.6 Å². The van der Waals surface area contributed by atoms with E-state index in [9.17, 15) is 12.8 Å². The predicted octanol–water partition coefficient (Wildman–Crippen LogP) is 4.29. The molecule has 5 nitrogen and oxygen atoms in total. The standard InChI is InChI=1S/C18H17FN2O3S2/c19-14-6-4-12(5-7-14)10-21-26(22,23)17-9-8-16(25-17)15-11-20-18(24-15)13-2-1-3-13/h4-9,11,13,21H,1-3,10H2. The minimum Gasteiger partial charge on any atom is -0.440 e. The van der Waals surface area contributed by atoms with Gasteiger partial charge in [0.2, 0.25) is 10.0 Å². The summed E-state index contributed by atoms with van der Waals surface area (Å²) in [6.45, 7) is 0.101. The van der Waals surface area contributed by atoms with E-state index in [1.54, 1.807) is 30.5 Å². The van der Waals surface area contributed by atoms with E-state index in [0.29, 0.717) is 17.2 Å². The van der Waals surface area contributed by atoms with Crippen molar-refractivity contribution in [1.82, 2.24) is 9.71 Å². The number of aromatic nitrogens is 1. The molecule has 1 aromatic carbocycles. The van der Waals surface area contributed by atoms with Crippen LogP contribution >= 0.6 is 11.3 Å². The van der Waals surface area contributed by atoms with Gasteiger partial charge in [-0.15, -0.1) is 11.3 Å². The van der Waals surface area contributed by atoms with Crippen molar-refractivity contribution in [3.8, 4) is 10.6 Å². The van der Waals surface area contributed by atoms with E-state index < -0.39 is 10.0 Å². The van der Waals surface area contributed by atoms with Crippen LogP contribution in [0.5, 0.6) is 0 Å². The topological polar surface area (TPSA) is 72.2 Å². The van der Waals surface area contributed by atoms with Crippen LogP contribution in [0.1, 0.15) is 36.6 Å². The number of oxazole rings is 1. The fourth-order valence-corrected chi connectivity index (χ4v) is 5.01. The van der Waals surface area contributed by atoms with Gasteiger partial charge in [-0.25, -0.2) is 22.5 Å². The molecule has 8 heteroatoms. The monoisotopic (exact) mass is 392 g/mol. The first kappa shape index (κ1) is 17.4. The Bertz CT molecular complexity index is 1010. The molecule has 0 amide bonds. The first-order chi connectivity index (χ1) is 12.5. The van der Waals surface area contributed by atoms with Gasteiger partial charge in [0.05, 0.1) is 11.1 Å². The summed E-state index contributed by atoms with van der Waals surface area (Å²) in [4.78, 5) is 5.04. The second-order valence-electron chi connectivity index (χ2n) is 6.26. The number of nitrogens with one attached hydrogen (secondary N) is 1. The van der Waals surface area contributed by atoms with Crippen molar-refractivity contribution < 1.29 is 17.2 Å². The van der Waals surface area contributed by atoms with Crippen molar-refractivity contribution in [2.24, 2.45) is 0 Å². The van der Waals surface area contributed by atoms with E-state index in [2.05, 4.69) is 9.71 Å². The van der Waals surface area contributed by atoms with Gasteiger partial charge in [-0.3, -0.25) is 0 Å². The van der Waals surface area contributed by atoms with E-state index >= 15 is 0 Å². The fraction of sp³-hybridized carbons (Fsp3) is 0.278. The Kier molecular flexibility index (Phi) is 4.64. The van der Waals surface area contributed by atoms with Crippen molar-refractivity contribution in [3.63, 3.8) is 0 Å². The lowest BCUT2D eigenvalue weighted by Crippen LogP contribution is -2.22. The molecule has 0 aliphatic heterocycles. The van der Waals surface area contributed by atoms with E-state index in [1.165, 1.54) is 18.6 Å². The van der Waals surface area contributed by atoms with Crippen LogP contribution in [0.25, 0.3) is 10.6 Å². The summed E-state index contributed by atoms with van der Waals surface area (Å²) in [7, 11) is -3.65. The number of nitrogens with zero attached hydrogens (tertiary/aromatic N) is 1. The summed E-state index contributed by atoms with van der Waals surface area (Å²) in [6.07, 6.45) is 5.04. The third-order valence-corrected chi connectivity index (χ3v) is 7.44. The van der Waals surface area contributed by atoms with Crippen LogP contribution in [0.3, 0.4) is 0 Å². The number of sulfonamides is 1. The first-order valence-electron chi connectivity index (χ1n) is 8.31. The van der Waals surface area contributed by atoms with Crippen molar-refractivity contribution in [3.05, 3.63) is 59.9 Å². The number of benzene rings is 1. The number of halogens is 1. The maximum atomic E-state index is 12.9. The smallest absolute Gasteiger partial charge is 0.250 e. The van der Waals surface area contributed by atoms with Crippen LogP contribution in [0.4, 0.5) is 4.39 Å². The first-order valence-corrected chi connectivity index (χ1v) is 10.6. The van der Waals surface area contributed by atoms with E-state index in [0.717, 1.165) is 34.9 Å². The van der Waals surface area contributed by atoms with Crippen LogP contribution in [-0.2, 0) is 16.6 Å². The zero-order valence-corrected chi connectivity index (χ0v) is 15.4. The number of hydrogen-bond acceptors (Lipinski definition) is 5. The van der Waals surface area contributed by atoms with Gasteiger partial charge >= 0.3 is 0 Å². The molecule has 4 rings (SSSR count). The number of rotatable bonds is 6. The molecule has 0 bridgehead atoms. The molecule has 26 heavy (non-hydrogen) atoms. The van der Waals surface area contributed by atoms with Crippen LogP contribution < -0.4 is 4.72 Å². The van der Waals surface area contributed by atoms with Crippen LogP contribution in [0.2, 0.25) is 0 Å². The van der Waals surface area contributed by atoms with Gasteiger partial charge in [0.15, 0.2) is 11.7 Å². The zero-order chi connectivity index (χ0) is 18.1. The van der Waals surface area contributed by atoms with Gasteiger partial charge in [-0.05, 0) is 42.7 Å². The molecular weight excluding hydrogens is 375 g/mol. The fourth-order valence-electron chi connectivity index (χ4n) is 2.69. The molecule has 2 aromatic heterocycles. The second kappa shape index (κ2) is 6.94. The van der Waals surface area contributed by atoms with Crippen LogP contribution in [0.15, 0.2) is 51.2 Å². The second-order valence-corrected chi connectivity index (χ2v) is 9.34. The van der Waals surface area contributed by atoms with Crippen LogP contribution in [0, 0.1) is 5.82 Å². The summed E-state index contributed by atoms with van der Waals surface area (Å²) in [5, 5.41) is 0. The van der Waals surface area contributed by atoms with Crippen molar-refractivity contribution in [1.29, 1.82) is 0 Å². The van der Waals surface area contributed by atoms with Crippen molar-refractivity contribution in [2.75, 3.05) is 0 Å². The quantitative estimate of drug-likeness (QED) is 0.679. The average Bonchev–Trinajstić information content (AvgIpc) is 3.22. The van der Waals surface area contributed by atoms with Crippen LogP contribution in [-0.4, -0.2) is 13.4 Å². The van der Waals surface area contributed by atoms with Gasteiger partial charge in [-0.1, -0.05) is 18.6 Å². The molecule has 0 radical (unpaired) electrons. The summed E-state index contributed by atoms with van der Waals surface area (Å²) >= 11 is 1.14. The normalized spacial score (nSPS) is 15.1. The Hall–Kier alpha value is -2.03. The molecule has 1 saturated carbocycles. The van der Waals surface area contributed by atoms with E-state index in [4.69, 9.17) is 4.42 Å². The number of thiophene rings is 1. The Balaban J connectivity index is 1.47. The maximum Gasteiger partial charge on any atom is 0.250 e. The van der Waals surface area contributed by atoms with Gasteiger partial charge in [0.1, 0.15) is 10.0 Å². The molecule has 1 aliphatic carbocycles. The average molecular weight is 392 g/mol. The predicted molar refractivity (Wildman–Crippen MR) is 96.8 cm³/mol. The highest BCUT2D eigenvalue weighted by molar-refractivity contribution is 7.91. The van der Waals surface area contributed by atoms with Crippen molar-refractivity contribution >= 4 is 21.4 Å². The molecule has 1 aliphatic rings. The summed E-state index contributed by atoms with van der Waals surface area (Å²) in [5.74, 6) is 1.37. The Labute approximate surface area is 154 Å². The minimum atomic E-state index is -3.65.